The average molecular weight is 1130 g/mol. The predicted octanol–water partition coefficient (Wildman–Crippen LogP) is 0.413. The Labute approximate surface area is 432 Å². The summed E-state index contributed by atoms with van der Waals surface area (Å²) in [6.45, 7) is 7.19. The molecule has 4 aliphatic heterocycles. The Balaban J connectivity index is 0.000000221. The highest BCUT2D eigenvalue weighted by Crippen LogP contribution is 2.27. The summed E-state index contributed by atoms with van der Waals surface area (Å²) in [5, 5.41) is 24.4. The number of likely N-dealkylation sites (N-methyl/N-ethyl adjacent to an activating group) is 2. The van der Waals surface area contributed by atoms with Gasteiger partial charge in [-0.1, -0.05) is 58.5 Å². The molecule has 2 aromatic heterocycles. The lowest BCUT2D eigenvalue weighted by atomic mass is 10.1. The third kappa shape index (κ3) is 12.8. The minimum Gasteiger partial charge on any atom is -1.00 e. The van der Waals surface area contributed by atoms with E-state index in [4.69, 9.17) is 57.9 Å². The molecular weight excluding hydrogens is 1070 g/mol. The highest BCUT2D eigenvalue weighted by molar-refractivity contribution is 6.35. The summed E-state index contributed by atoms with van der Waals surface area (Å²) in [6, 6.07) is 10.3. The molecule has 6 N–H and O–H groups in total. The van der Waals surface area contributed by atoms with Gasteiger partial charge in [0.2, 0.25) is 17.8 Å². The number of halogens is 5. The largest absolute Gasteiger partial charge is 1.00 e. The number of likely N-dealkylation sites (tertiary alicyclic amines) is 2. The van der Waals surface area contributed by atoms with Gasteiger partial charge in [-0.15, -0.1) is 20.4 Å². The van der Waals surface area contributed by atoms with E-state index in [0.29, 0.717) is 97.4 Å². The number of anilines is 4. The SMILES string of the molecule is CN1CCC[C@H]1C(=O)N1CCN(c2nnc(C(N)=O)c(NCc3ccc(Cl)cc3Cl)n2)CC1.C[N+]1(C)CCC[C@H]1C(=O)N1CCN(c2nnc(C(N)=O)c(NCc3ccc(Cl)cc3Cl)n2)CC1.[I-]. The van der Waals surface area contributed by atoms with Gasteiger partial charge in [-0.05, 0) is 61.8 Å². The summed E-state index contributed by atoms with van der Waals surface area (Å²) in [5.41, 5.74) is 12.4. The number of amides is 4. The van der Waals surface area contributed by atoms with Gasteiger partial charge in [0.1, 0.15) is 0 Å². The van der Waals surface area contributed by atoms with Gasteiger partial charge in [0, 0.05) is 98.4 Å². The number of primary amides is 2. The van der Waals surface area contributed by atoms with Crippen molar-refractivity contribution >= 4 is 93.6 Å². The zero-order chi connectivity index (χ0) is 48.0. The van der Waals surface area contributed by atoms with Gasteiger partial charge in [-0.2, -0.15) is 9.97 Å². The van der Waals surface area contributed by atoms with Crippen LogP contribution in [0.4, 0.5) is 23.5 Å². The van der Waals surface area contributed by atoms with Crippen molar-refractivity contribution in [1.82, 2.24) is 45.1 Å². The first-order valence-corrected chi connectivity index (χ1v) is 23.5. The molecule has 0 aliphatic carbocycles. The van der Waals surface area contributed by atoms with Crippen LogP contribution in [0.1, 0.15) is 57.8 Å². The zero-order valence-corrected chi connectivity index (χ0v) is 43.2. The minimum atomic E-state index is -0.734. The Hall–Kier alpha value is -4.65. The fraction of sp³-hybridized carbons (Fsp3) is 0.488. The van der Waals surface area contributed by atoms with Gasteiger partial charge < -0.3 is 70.2 Å². The molecule has 0 saturated carbocycles. The molecule has 2 atom stereocenters. The lowest BCUT2D eigenvalue weighted by Gasteiger charge is -2.38. The second-order valence-electron chi connectivity index (χ2n) is 17.4. The maximum atomic E-state index is 13.1. The molecule has 0 bridgehead atoms. The molecule has 4 saturated heterocycles. The molecule has 4 amide bonds. The summed E-state index contributed by atoms with van der Waals surface area (Å²) in [4.78, 5) is 68.5. The number of nitrogens with zero attached hydrogens (tertiary/aromatic N) is 12. The number of aromatic nitrogens is 6. The topological polar surface area (TPSA) is 238 Å². The van der Waals surface area contributed by atoms with E-state index in [2.05, 4.69) is 60.0 Å². The van der Waals surface area contributed by atoms with Crippen molar-refractivity contribution in [2.75, 3.05) is 107 Å². The summed E-state index contributed by atoms with van der Waals surface area (Å²) >= 11 is 24.4. The summed E-state index contributed by atoms with van der Waals surface area (Å²) < 4.78 is 0.743. The summed E-state index contributed by atoms with van der Waals surface area (Å²) in [6.07, 6.45) is 3.96. The van der Waals surface area contributed by atoms with E-state index in [1.807, 2.05) is 26.6 Å². The molecule has 0 unspecified atom stereocenters. The Morgan fingerprint density at radius 2 is 1.10 bits per heavy atom. The van der Waals surface area contributed by atoms with Crippen LogP contribution in [0.5, 0.6) is 0 Å². The monoisotopic (exact) mass is 1130 g/mol. The normalized spacial score (nSPS) is 19.2. The van der Waals surface area contributed by atoms with Crippen molar-refractivity contribution in [3.8, 4) is 0 Å². The van der Waals surface area contributed by atoms with Gasteiger partial charge >= 0.3 is 0 Å². The summed E-state index contributed by atoms with van der Waals surface area (Å²) in [7, 11) is 6.24. The van der Waals surface area contributed by atoms with Crippen LogP contribution in [0.3, 0.4) is 0 Å². The van der Waals surface area contributed by atoms with E-state index in [-0.39, 0.29) is 70.9 Å². The second-order valence-corrected chi connectivity index (χ2v) is 19.1. The standard InChI is InChI=1S/C22H28Cl2N8O2.C21H26Cl2N8O2.HI/c1-32(2)11-3-4-17(32)21(34)30-7-9-31(10-8-30)22-27-20(18(19(25)33)28-29-22)26-13-14-5-6-15(23)12-16(14)24;1-29-6-2-3-16(29)20(33)30-7-9-31(10-8-30)21-26-19(17(18(24)32)27-28-21)25-12-13-4-5-14(22)11-15(13)23;/h5-6,12,17H,3-4,7-11,13H2,1-2H3,(H2-,25,26,27,29,33);4-5,11,16H,2-3,6-10,12H2,1H3,(H2,24,32)(H,25,26,28);1H/t17-;16-;/m00./s1. The van der Waals surface area contributed by atoms with E-state index in [0.717, 1.165) is 54.4 Å². The molecule has 0 spiro atoms. The highest BCUT2D eigenvalue weighted by Gasteiger charge is 2.42. The first-order chi connectivity index (χ1) is 32.0. The number of quaternary nitrogens is 1. The zero-order valence-electron chi connectivity index (χ0n) is 38.0. The van der Waals surface area contributed by atoms with Crippen molar-refractivity contribution in [3.63, 3.8) is 0 Å². The van der Waals surface area contributed by atoms with Crippen molar-refractivity contribution in [2.24, 2.45) is 11.5 Å². The fourth-order valence-electron chi connectivity index (χ4n) is 8.69. The number of carbonyl (C=O) groups is 4. The maximum absolute atomic E-state index is 13.1. The molecule has 2 aromatic carbocycles. The van der Waals surface area contributed by atoms with Crippen LogP contribution in [0.2, 0.25) is 20.1 Å². The third-order valence-corrected chi connectivity index (χ3v) is 13.8. The summed E-state index contributed by atoms with van der Waals surface area (Å²) in [5.74, 6) is 0.129. The van der Waals surface area contributed by atoms with Crippen molar-refractivity contribution in [3.05, 3.63) is 79.0 Å². The molecule has 25 heteroatoms. The first-order valence-electron chi connectivity index (χ1n) is 22.0. The molecule has 20 nitrogen and oxygen atoms in total. The number of nitrogens with one attached hydrogen (secondary N) is 2. The van der Waals surface area contributed by atoms with Gasteiger partial charge in [0.05, 0.1) is 26.7 Å². The van der Waals surface area contributed by atoms with Crippen LogP contribution in [-0.4, -0.2) is 172 Å². The molecule has 4 aliphatic rings. The highest BCUT2D eigenvalue weighted by atomic mass is 127. The van der Waals surface area contributed by atoms with Gasteiger partial charge in [0.15, 0.2) is 29.1 Å². The van der Waals surface area contributed by atoms with E-state index < -0.39 is 11.8 Å². The van der Waals surface area contributed by atoms with Crippen molar-refractivity contribution < 1.29 is 47.6 Å². The number of hydrogen-bond donors (Lipinski definition) is 4. The molecule has 6 heterocycles. The van der Waals surface area contributed by atoms with Crippen LogP contribution in [0, 0.1) is 0 Å². The lowest BCUT2D eigenvalue weighted by molar-refractivity contribution is -0.893. The number of rotatable bonds is 12. The van der Waals surface area contributed by atoms with Crippen LogP contribution in [0.25, 0.3) is 0 Å². The Morgan fingerprint density at radius 3 is 1.49 bits per heavy atom. The molecule has 8 rings (SSSR count). The van der Waals surface area contributed by atoms with E-state index >= 15 is 0 Å². The Bertz CT molecular complexity index is 2480. The molecular formula is C43H55Cl4IN16O4. The quantitative estimate of drug-likeness (QED) is 0.111. The Kier molecular flexibility index (Phi) is 18.1. The molecule has 68 heavy (non-hydrogen) atoms. The van der Waals surface area contributed by atoms with E-state index in [9.17, 15) is 19.2 Å². The van der Waals surface area contributed by atoms with E-state index in [1.165, 1.54) is 0 Å². The maximum Gasteiger partial charge on any atom is 0.281 e. The van der Waals surface area contributed by atoms with Crippen LogP contribution >= 0.6 is 46.4 Å². The molecule has 4 aromatic rings. The van der Waals surface area contributed by atoms with Crippen molar-refractivity contribution in [1.29, 1.82) is 0 Å². The molecule has 366 valence electrons. The second kappa shape index (κ2) is 23.3. The molecule has 4 fully saturated rings. The first kappa shape index (κ1) is 52.7. The number of hydrogen-bond acceptors (Lipinski definition) is 15. The van der Waals surface area contributed by atoms with Gasteiger partial charge in [0.25, 0.3) is 17.7 Å². The van der Waals surface area contributed by atoms with Crippen molar-refractivity contribution in [2.45, 2.75) is 50.9 Å². The predicted molar refractivity (Wildman–Crippen MR) is 258 cm³/mol. The Morgan fingerprint density at radius 1 is 0.647 bits per heavy atom. The number of carbonyl (C=O) groups excluding carboxylic acids is 4. The third-order valence-electron chi connectivity index (χ3n) is 12.6. The van der Waals surface area contributed by atoms with Crippen LogP contribution in [0.15, 0.2) is 36.4 Å². The van der Waals surface area contributed by atoms with Crippen LogP contribution in [-0.2, 0) is 22.7 Å². The smallest absolute Gasteiger partial charge is 0.281 e. The number of piperazine rings is 2. The number of nitrogens with two attached hydrogens (primary N) is 2. The minimum absolute atomic E-state index is 0. The average Bonchev–Trinajstić information content (AvgIpc) is 3.91. The van der Waals surface area contributed by atoms with E-state index in [1.54, 1.807) is 36.4 Å². The fourth-order valence-corrected chi connectivity index (χ4v) is 9.64. The van der Waals surface area contributed by atoms with Crippen LogP contribution < -0.4 is 55.9 Å². The number of benzene rings is 2. The lowest BCUT2D eigenvalue weighted by Crippen LogP contribution is -3.00. The van der Waals surface area contributed by atoms with Gasteiger partial charge in [-0.25, -0.2) is 0 Å². The van der Waals surface area contributed by atoms with Gasteiger partial charge in [-0.3, -0.25) is 24.1 Å². The molecule has 0 radical (unpaired) electrons.